The molecule has 0 radical (unpaired) electrons. The fourth-order valence-corrected chi connectivity index (χ4v) is 3.35. The van der Waals surface area contributed by atoms with Crippen LogP contribution in [-0.4, -0.2) is 15.6 Å². The lowest BCUT2D eigenvalue weighted by molar-refractivity contribution is 0.101. The van der Waals surface area contributed by atoms with E-state index in [1.54, 1.807) is 6.92 Å². The molecule has 132 valence electrons. The zero-order chi connectivity index (χ0) is 18.6. The number of carbonyl (C=O) groups is 1. The van der Waals surface area contributed by atoms with Crippen molar-refractivity contribution in [3.8, 4) is 22.5 Å². The molecule has 0 amide bonds. The number of hydrogen-bond acceptors (Lipinski definition) is 2. The second-order valence-electron chi connectivity index (χ2n) is 6.50. The number of benzene rings is 3. The molecule has 1 heterocycles. The minimum absolute atomic E-state index is 0.0204. The Hall–Kier alpha value is -3.46. The van der Waals surface area contributed by atoms with E-state index in [0.717, 1.165) is 28.1 Å². The van der Waals surface area contributed by atoms with Gasteiger partial charge in [0.05, 0.1) is 17.8 Å². The maximum atomic E-state index is 12.6. The number of ketones is 1. The van der Waals surface area contributed by atoms with Crippen LogP contribution in [0.15, 0.2) is 91.0 Å². The second-order valence-corrected chi connectivity index (χ2v) is 6.50. The minimum atomic E-state index is 0.0204. The van der Waals surface area contributed by atoms with E-state index in [1.165, 1.54) is 0 Å². The predicted octanol–water partition coefficient (Wildman–Crippen LogP) is 5.47. The Bertz CT molecular complexity index is 1050. The van der Waals surface area contributed by atoms with Crippen LogP contribution in [0.4, 0.5) is 0 Å². The average Bonchev–Trinajstić information content (AvgIpc) is 3.09. The molecule has 3 nitrogen and oxygen atoms in total. The quantitative estimate of drug-likeness (QED) is 0.447. The predicted molar refractivity (Wildman–Crippen MR) is 109 cm³/mol. The minimum Gasteiger partial charge on any atom is -0.294 e. The van der Waals surface area contributed by atoms with Crippen molar-refractivity contribution in [1.29, 1.82) is 0 Å². The van der Waals surface area contributed by atoms with Gasteiger partial charge < -0.3 is 0 Å². The van der Waals surface area contributed by atoms with Gasteiger partial charge in [0.15, 0.2) is 5.78 Å². The SMILES string of the molecule is CC(=O)c1c(-c2ccccc2)nn(Cc2ccccc2)c1-c1ccccc1. The normalized spacial score (nSPS) is 10.7. The standard InChI is InChI=1S/C24H20N2O/c1-18(27)22-23(20-13-7-3-8-14-20)25-26(17-19-11-5-2-6-12-19)24(22)21-15-9-4-10-16-21/h2-16H,17H2,1H3. The summed E-state index contributed by atoms with van der Waals surface area (Å²) in [6.07, 6.45) is 0. The number of carbonyl (C=O) groups excluding carboxylic acids is 1. The third kappa shape index (κ3) is 3.44. The van der Waals surface area contributed by atoms with Crippen molar-refractivity contribution in [3.05, 3.63) is 102 Å². The van der Waals surface area contributed by atoms with E-state index < -0.39 is 0 Å². The summed E-state index contributed by atoms with van der Waals surface area (Å²) >= 11 is 0. The molecule has 0 saturated carbocycles. The van der Waals surface area contributed by atoms with Crippen LogP contribution in [0.1, 0.15) is 22.8 Å². The molecular formula is C24H20N2O. The zero-order valence-corrected chi connectivity index (χ0v) is 15.2. The first kappa shape index (κ1) is 17.0. The molecule has 0 fully saturated rings. The van der Waals surface area contributed by atoms with E-state index in [-0.39, 0.29) is 5.78 Å². The van der Waals surface area contributed by atoms with Crippen LogP contribution < -0.4 is 0 Å². The summed E-state index contributed by atoms with van der Waals surface area (Å²) in [7, 11) is 0. The van der Waals surface area contributed by atoms with Crippen molar-refractivity contribution >= 4 is 5.78 Å². The highest BCUT2D eigenvalue weighted by Crippen LogP contribution is 2.33. The summed E-state index contributed by atoms with van der Waals surface area (Å²) in [4.78, 5) is 12.6. The Morgan fingerprint density at radius 3 is 1.85 bits per heavy atom. The van der Waals surface area contributed by atoms with Crippen molar-refractivity contribution in [2.24, 2.45) is 0 Å². The van der Waals surface area contributed by atoms with Gasteiger partial charge >= 0.3 is 0 Å². The van der Waals surface area contributed by atoms with Crippen molar-refractivity contribution in [3.63, 3.8) is 0 Å². The van der Waals surface area contributed by atoms with Crippen LogP contribution in [0.3, 0.4) is 0 Å². The maximum absolute atomic E-state index is 12.6. The van der Waals surface area contributed by atoms with Gasteiger partial charge in [0, 0.05) is 11.1 Å². The van der Waals surface area contributed by atoms with E-state index in [9.17, 15) is 4.79 Å². The molecule has 0 bridgehead atoms. The fourth-order valence-electron chi connectivity index (χ4n) is 3.35. The third-order valence-corrected chi connectivity index (χ3v) is 4.57. The zero-order valence-electron chi connectivity index (χ0n) is 15.2. The lowest BCUT2D eigenvalue weighted by Gasteiger charge is -2.09. The summed E-state index contributed by atoms with van der Waals surface area (Å²) in [6.45, 7) is 2.22. The Morgan fingerprint density at radius 2 is 1.30 bits per heavy atom. The van der Waals surface area contributed by atoms with Gasteiger partial charge in [-0.3, -0.25) is 9.48 Å². The topological polar surface area (TPSA) is 34.9 Å². The van der Waals surface area contributed by atoms with E-state index in [4.69, 9.17) is 5.10 Å². The summed E-state index contributed by atoms with van der Waals surface area (Å²) in [5.41, 5.74) is 5.36. The van der Waals surface area contributed by atoms with Crippen molar-refractivity contribution in [2.75, 3.05) is 0 Å². The molecule has 3 aromatic carbocycles. The van der Waals surface area contributed by atoms with E-state index in [1.807, 2.05) is 83.5 Å². The Morgan fingerprint density at radius 1 is 0.778 bits per heavy atom. The highest BCUT2D eigenvalue weighted by atomic mass is 16.1. The molecule has 27 heavy (non-hydrogen) atoms. The fraction of sp³-hybridized carbons (Fsp3) is 0.0833. The first-order valence-electron chi connectivity index (χ1n) is 9.00. The highest BCUT2D eigenvalue weighted by Gasteiger charge is 2.23. The molecule has 0 aliphatic rings. The monoisotopic (exact) mass is 352 g/mol. The molecule has 0 saturated heterocycles. The van der Waals surface area contributed by atoms with Crippen LogP contribution in [0, 0.1) is 0 Å². The molecule has 0 unspecified atom stereocenters. The van der Waals surface area contributed by atoms with E-state index in [0.29, 0.717) is 12.1 Å². The van der Waals surface area contributed by atoms with Gasteiger partial charge in [-0.05, 0) is 12.5 Å². The van der Waals surface area contributed by atoms with Gasteiger partial charge in [-0.15, -0.1) is 0 Å². The van der Waals surface area contributed by atoms with Gasteiger partial charge in [-0.25, -0.2) is 0 Å². The Balaban J connectivity index is 1.95. The molecule has 0 atom stereocenters. The first-order chi connectivity index (χ1) is 13.2. The number of rotatable bonds is 5. The first-order valence-corrected chi connectivity index (χ1v) is 9.00. The van der Waals surface area contributed by atoms with Crippen LogP contribution in [0.5, 0.6) is 0 Å². The molecular weight excluding hydrogens is 332 g/mol. The molecule has 3 heteroatoms. The molecule has 4 aromatic rings. The third-order valence-electron chi connectivity index (χ3n) is 4.57. The number of aromatic nitrogens is 2. The lowest BCUT2D eigenvalue weighted by Crippen LogP contribution is -2.05. The van der Waals surface area contributed by atoms with Gasteiger partial charge in [-0.2, -0.15) is 5.10 Å². The van der Waals surface area contributed by atoms with E-state index >= 15 is 0 Å². The molecule has 4 rings (SSSR count). The maximum Gasteiger partial charge on any atom is 0.164 e. The summed E-state index contributed by atoms with van der Waals surface area (Å²) in [5.74, 6) is 0.0204. The summed E-state index contributed by atoms with van der Waals surface area (Å²) < 4.78 is 1.95. The van der Waals surface area contributed by atoms with Crippen LogP contribution in [-0.2, 0) is 6.54 Å². The number of Topliss-reactive ketones (excluding diaryl/α,β-unsaturated/α-hetero) is 1. The molecule has 0 N–H and O–H groups in total. The molecule has 0 aliphatic heterocycles. The molecule has 0 spiro atoms. The highest BCUT2D eigenvalue weighted by molar-refractivity contribution is 6.05. The van der Waals surface area contributed by atoms with E-state index in [2.05, 4.69) is 12.1 Å². The van der Waals surface area contributed by atoms with Gasteiger partial charge in [-0.1, -0.05) is 91.0 Å². The second kappa shape index (κ2) is 7.42. The Labute approximate surface area is 158 Å². The van der Waals surface area contributed by atoms with Crippen LogP contribution >= 0.6 is 0 Å². The largest absolute Gasteiger partial charge is 0.294 e. The van der Waals surface area contributed by atoms with Gasteiger partial charge in [0.25, 0.3) is 0 Å². The van der Waals surface area contributed by atoms with Crippen molar-refractivity contribution < 1.29 is 4.79 Å². The summed E-state index contributed by atoms with van der Waals surface area (Å²) in [5, 5.41) is 4.87. The Kier molecular flexibility index (Phi) is 4.67. The average molecular weight is 352 g/mol. The van der Waals surface area contributed by atoms with Crippen molar-refractivity contribution in [2.45, 2.75) is 13.5 Å². The van der Waals surface area contributed by atoms with Gasteiger partial charge in [0.2, 0.25) is 0 Å². The molecule has 0 aliphatic carbocycles. The summed E-state index contributed by atoms with van der Waals surface area (Å²) in [6, 6.07) is 30.1. The number of hydrogen-bond donors (Lipinski definition) is 0. The lowest BCUT2D eigenvalue weighted by atomic mass is 9.99. The van der Waals surface area contributed by atoms with Crippen LogP contribution in [0.25, 0.3) is 22.5 Å². The number of nitrogens with zero attached hydrogens (tertiary/aromatic N) is 2. The smallest absolute Gasteiger partial charge is 0.164 e. The van der Waals surface area contributed by atoms with Crippen LogP contribution in [0.2, 0.25) is 0 Å². The molecule has 1 aromatic heterocycles. The van der Waals surface area contributed by atoms with Gasteiger partial charge in [0.1, 0.15) is 5.69 Å². The van der Waals surface area contributed by atoms with Crippen molar-refractivity contribution in [1.82, 2.24) is 9.78 Å².